The number of amides is 1. The first kappa shape index (κ1) is 16.5. The van der Waals surface area contributed by atoms with E-state index in [1.807, 2.05) is 6.07 Å². The van der Waals surface area contributed by atoms with Crippen molar-refractivity contribution < 1.29 is 9.53 Å². The second kappa shape index (κ2) is 5.63. The van der Waals surface area contributed by atoms with E-state index >= 15 is 0 Å². The number of nitrogens with zero attached hydrogens (tertiary/aromatic N) is 1. The summed E-state index contributed by atoms with van der Waals surface area (Å²) in [5.74, 6) is 0.483. The smallest absolute Gasteiger partial charge is 0.273 e. The van der Waals surface area contributed by atoms with E-state index in [1.54, 1.807) is 13.2 Å². The molecule has 1 amide bonds. The van der Waals surface area contributed by atoms with E-state index in [9.17, 15) is 4.79 Å². The molecule has 2 N–H and O–H groups in total. The van der Waals surface area contributed by atoms with Crippen molar-refractivity contribution in [1.82, 2.24) is 10.6 Å². The van der Waals surface area contributed by atoms with Gasteiger partial charge in [0, 0.05) is 29.9 Å². The van der Waals surface area contributed by atoms with Crippen LogP contribution in [0.5, 0.6) is 5.75 Å². The van der Waals surface area contributed by atoms with Crippen LogP contribution >= 0.6 is 12.2 Å². The molecule has 0 unspecified atom stereocenters. The number of allylic oxidation sites excluding steroid dienone is 1. The van der Waals surface area contributed by atoms with Crippen molar-refractivity contribution in [3.05, 3.63) is 35.0 Å². The van der Waals surface area contributed by atoms with Gasteiger partial charge < -0.3 is 15.0 Å². The van der Waals surface area contributed by atoms with Gasteiger partial charge in [0.25, 0.3) is 5.91 Å². The fourth-order valence-electron chi connectivity index (χ4n) is 3.12. The van der Waals surface area contributed by atoms with Crippen molar-refractivity contribution in [1.29, 1.82) is 0 Å². The van der Waals surface area contributed by atoms with Crippen LogP contribution in [0.3, 0.4) is 0 Å². The lowest BCUT2D eigenvalue weighted by Gasteiger charge is -2.41. The molecule has 2 heterocycles. The Bertz CT molecular complexity index is 809. The molecule has 3 rings (SSSR count). The van der Waals surface area contributed by atoms with Crippen molar-refractivity contribution in [2.75, 3.05) is 19.1 Å². The Labute approximate surface area is 147 Å². The van der Waals surface area contributed by atoms with E-state index in [0.717, 1.165) is 16.8 Å². The summed E-state index contributed by atoms with van der Waals surface area (Å²) < 4.78 is 5.55. The highest BCUT2D eigenvalue weighted by molar-refractivity contribution is 7.80. The van der Waals surface area contributed by atoms with E-state index < -0.39 is 0 Å². The zero-order chi connectivity index (χ0) is 17.6. The first-order chi connectivity index (χ1) is 11.2. The van der Waals surface area contributed by atoms with Crippen molar-refractivity contribution in [3.8, 4) is 5.75 Å². The molecule has 0 radical (unpaired) electrons. The summed E-state index contributed by atoms with van der Waals surface area (Å²) in [4.78, 5) is 14.1. The third-order valence-corrected chi connectivity index (χ3v) is 4.79. The van der Waals surface area contributed by atoms with Crippen LogP contribution in [0.4, 0.5) is 5.69 Å². The summed E-state index contributed by atoms with van der Waals surface area (Å²) >= 11 is 4.98. The zero-order valence-electron chi connectivity index (χ0n) is 14.5. The molecule has 0 bridgehead atoms. The van der Waals surface area contributed by atoms with Crippen LogP contribution in [0.2, 0.25) is 0 Å². The van der Waals surface area contributed by atoms with E-state index in [2.05, 4.69) is 55.5 Å². The molecule has 24 heavy (non-hydrogen) atoms. The molecule has 1 aromatic carbocycles. The van der Waals surface area contributed by atoms with Gasteiger partial charge in [-0.15, -0.1) is 0 Å². The highest BCUT2D eigenvalue weighted by Gasteiger charge is 2.29. The number of benzene rings is 1. The van der Waals surface area contributed by atoms with Crippen LogP contribution < -0.4 is 20.3 Å². The van der Waals surface area contributed by atoms with Gasteiger partial charge in [0.05, 0.1) is 12.6 Å². The summed E-state index contributed by atoms with van der Waals surface area (Å²) in [7, 11) is 3.71. The lowest BCUT2D eigenvalue weighted by molar-refractivity contribution is -0.115. The Balaban J connectivity index is 2.14. The van der Waals surface area contributed by atoms with Crippen LogP contribution in [-0.2, 0) is 4.79 Å². The minimum absolute atomic E-state index is 0.0683. The fraction of sp³-hybridized carbons (Fsp3) is 0.333. The number of hydrogen-bond acceptors (Lipinski definition) is 4. The first-order valence-corrected chi connectivity index (χ1v) is 8.13. The summed E-state index contributed by atoms with van der Waals surface area (Å²) in [6.45, 7) is 6.46. The SMILES string of the molecule is COc1cc2c(cc1/C=C1\NC(=S)NC1=O)C(C)=CC(C)(C)N2C. The molecule has 1 aromatic rings. The third-order valence-electron chi connectivity index (χ3n) is 4.59. The number of hydrogen-bond donors (Lipinski definition) is 2. The van der Waals surface area contributed by atoms with Crippen LogP contribution in [0.15, 0.2) is 23.9 Å². The monoisotopic (exact) mass is 343 g/mol. The highest BCUT2D eigenvalue weighted by Crippen LogP contribution is 2.41. The van der Waals surface area contributed by atoms with Gasteiger partial charge in [-0.25, -0.2) is 0 Å². The molecule has 126 valence electrons. The minimum atomic E-state index is -0.231. The number of rotatable bonds is 2. The molecule has 2 aliphatic heterocycles. The van der Waals surface area contributed by atoms with Crippen LogP contribution in [0.1, 0.15) is 31.9 Å². The Morgan fingerprint density at radius 1 is 1.29 bits per heavy atom. The van der Waals surface area contributed by atoms with Gasteiger partial charge in [-0.1, -0.05) is 6.08 Å². The normalized spacial score (nSPS) is 20.5. The molecule has 1 fully saturated rings. The van der Waals surface area contributed by atoms with E-state index in [4.69, 9.17) is 17.0 Å². The van der Waals surface area contributed by atoms with Gasteiger partial charge in [0.2, 0.25) is 0 Å². The third kappa shape index (κ3) is 2.67. The van der Waals surface area contributed by atoms with Crippen molar-refractivity contribution in [3.63, 3.8) is 0 Å². The second-order valence-electron chi connectivity index (χ2n) is 6.62. The number of ether oxygens (including phenoxy) is 1. The zero-order valence-corrected chi connectivity index (χ0v) is 15.3. The standard InChI is InChI=1S/C18H21N3O2S/c1-10-9-18(2,3)21(4)14-8-15(23-5)11(6-12(10)14)7-13-16(22)20-17(24)19-13/h6-9H,1-5H3,(H2,19,20,22,24)/b13-7-. The maximum Gasteiger partial charge on any atom is 0.273 e. The lowest BCUT2D eigenvalue weighted by atomic mass is 9.88. The molecule has 0 aliphatic carbocycles. The number of fused-ring (bicyclic) bond motifs is 1. The second-order valence-corrected chi connectivity index (χ2v) is 7.03. The highest BCUT2D eigenvalue weighted by atomic mass is 32.1. The largest absolute Gasteiger partial charge is 0.496 e. The van der Waals surface area contributed by atoms with Crippen LogP contribution in [0, 0.1) is 0 Å². The van der Waals surface area contributed by atoms with Gasteiger partial charge in [0.15, 0.2) is 5.11 Å². The van der Waals surface area contributed by atoms with Gasteiger partial charge >= 0.3 is 0 Å². The van der Waals surface area contributed by atoms with Crippen molar-refractivity contribution >= 4 is 40.6 Å². The molecular formula is C18H21N3O2S. The maximum atomic E-state index is 11.9. The number of carbonyl (C=O) groups is 1. The molecule has 2 aliphatic rings. The first-order valence-electron chi connectivity index (χ1n) is 7.72. The maximum absolute atomic E-state index is 11.9. The van der Waals surface area contributed by atoms with Gasteiger partial charge in [-0.05, 0) is 50.7 Å². The van der Waals surface area contributed by atoms with Gasteiger partial charge in [-0.2, -0.15) is 0 Å². The van der Waals surface area contributed by atoms with Crippen LogP contribution in [0.25, 0.3) is 11.6 Å². The summed E-state index contributed by atoms with van der Waals surface area (Å²) in [6, 6.07) is 4.07. The predicted octanol–water partition coefficient (Wildman–Crippen LogP) is 2.67. The lowest BCUT2D eigenvalue weighted by Crippen LogP contribution is -2.42. The molecule has 0 spiro atoms. The molecule has 6 heteroatoms. The number of likely N-dealkylation sites (N-methyl/N-ethyl adjacent to an activating group) is 1. The summed E-state index contributed by atoms with van der Waals surface area (Å²) in [5.41, 5.74) is 4.63. The number of methoxy groups -OCH3 is 1. The van der Waals surface area contributed by atoms with E-state index in [1.165, 1.54) is 5.57 Å². The minimum Gasteiger partial charge on any atom is -0.496 e. The van der Waals surface area contributed by atoms with Crippen molar-refractivity contribution in [2.24, 2.45) is 0 Å². The molecule has 0 aromatic heterocycles. The topological polar surface area (TPSA) is 53.6 Å². The fourth-order valence-corrected chi connectivity index (χ4v) is 3.32. The Hall–Kier alpha value is -2.34. The molecule has 1 saturated heterocycles. The van der Waals surface area contributed by atoms with Gasteiger partial charge in [0.1, 0.15) is 11.4 Å². The molecular weight excluding hydrogens is 322 g/mol. The van der Waals surface area contributed by atoms with E-state index in [-0.39, 0.29) is 11.4 Å². The predicted molar refractivity (Wildman–Crippen MR) is 101 cm³/mol. The number of carbonyl (C=O) groups excluding carboxylic acids is 1. The number of nitrogens with one attached hydrogen (secondary N) is 2. The Kier molecular flexibility index (Phi) is 3.87. The van der Waals surface area contributed by atoms with Gasteiger partial charge in [-0.3, -0.25) is 10.1 Å². The average Bonchev–Trinajstić information content (AvgIpc) is 2.82. The van der Waals surface area contributed by atoms with Crippen LogP contribution in [-0.4, -0.2) is 30.7 Å². The molecule has 0 atom stereocenters. The summed E-state index contributed by atoms with van der Waals surface area (Å²) in [5, 5.41) is 5.75. The Morgan fingerprint density at radius 3 is 2.58 bits per heavy atom. The van der Waals surface area contributed by atoms with Crippen molar-refractivity contribution in [2.45, 2.75) is 26.3 Å². The molecule has 0 saturated carbocycles. The number of anilines is 1. The molecule has 5 nitrogen and oxygen atoms in total. The Morgan fingerprint density at radius 2 is 2.00 bits per heavy atom. The quantitative estimate of drug-likeness (QED) is 0.639. The average molecular weight is 343 g/mol. The summed E-state index contributed by atoms with van der Waals surface area (Å²) in [6.07, 6.45) is 4.01. The van der Waals surface area contributed by atoms with E-state index in [0.29, 0.717) is 16.6 Å². The number of thiocarbonyl (C=S) groups is 1.